The van der Waals surface area contributed by atoms with Gasteiger partial charge in [0.05, 0.1) is 24.6 Å². The van der Waals surface area contributed by atoms with E-state index in [1.165, 1.54) is 0 Å². The third-order valence-corrected chi connectivity index (χ3v) is 4.87. The summed E-state index contributed by atoms with van der Waals surface area (Å²) in [4.78, 5) is 23.3. The Morgan fingerprint density at radius 2 is 2.20 bits per heavy atom. The highest BCUT2D eigenvalue weighted by atomic mass is 16.5. The van der Waals surface area contributed by atoms with E-state index in [0.717, 1.165) is 18.5 Å². The first-order chi connectivity index (χ1) is 12.3. The van der Waals surface area contributed by atoms with Crippen LogP contribution in [0.2, 0.25) is 0 Å². The van der Waals surface area contributed by atoms with Crippen LogP contribution in [0.15, 0.2) is 36.9 Å². The summed E-state index contributed by atoms with van der Waals surface area (Å²) in [7, 11) is 0. The van der Waals surface area contributed by atoms with Gasteiger partial charge in [-0.3, -0.25) is 4.79 Å². The number of hydrogen-bond acceptors (Lipinski definition) is 5. The maximum absolute atomic E-state index is 12.9. The number of amides is 1. The fourth-order valence-corrected chi connectivity index (χ4v) is 3.50. The molecular formula is C18H22N4O3. The topological polar surface area (TPSA) is 69.5 Å². The number of rotatable bonds is 4. The van der Waals surface area contributed by atoms with E-state index in [0.29, 0.717) is 38.8 Å². The van der Waals surface area contributed by atoms with Gasteiger partial charge in [0.1, 0.15) is 6.61 Å². The van der Waals surface area contributed by atoms with E-state index in [1.807, 2.05) is 35.6 Å². The van der Waals surface area contributed by atoms with Crippen molar-refractivity contribution in [2.45, 2.75) is 25.4 Å². The third-order valence-electron chi connectivity index (χ3n) is 4.87. The molecule has 0 unspecified atom stereocenters. The largest absolute Gasteiger partial charge is 0.475 e. The molecule has 25 heavy (non-hydrogen) atoms. The summed E-state index contributed by atoms with van der Waals surface area (Å²) in [6.07, 6.45) is 6.97. The summed E-state index contributed by atoms with van der Waals surface area (Å²) >= 11 is 0. The van der Waals surface area contributed by atoms with Gasteiger partial charge in [0, 0.05) is 44.1 Å². The normalized spacial score (nSPS) is 21.0. The minimum Gasteiger partial charge on any atom is -0.475 e. The van der Waals surface area contributed by atoms with Crippen molar-refractivity contribution in [3.63, 3.8) is 0 Å². The Balaban J connectivity index is 1.46. The van der Waals surface area contributed by atoms with Gasteiger partial charge >= 0.3 is 0 Å². The molecule has 2 aliphatic rings. The lowest BCUT2D eigenvalue weighted by atomic mass is 9.98. The van der Waals surface area contributed by atoms with Gasteiger partial charge in [0.15, 0.2) is 0 Å². The fraction of sp³-hybridized carbons (Fsp3) is 0.500. The van der Waals surface area contributed by atoms with E-state index in [-0.39, 0.29) is 17.9 Å². The molecule has 0 radical (unpaired) electrons. The first kappa shape index (κ1) is 16.1. The van der Waals surface area contributed by atoms with Crippen LogP contribution in [-0.2, 0) is 16.1 Å². The van der Waals surface area contributed by atoms with Gasteiger partial charge in [-0.25, -0.2) is 9.97 Å². The summed E-state index contributed by atoms with van der Waals surface area (Å²) in [5.41, 5.74) is 1.04. The number of carbonyl (C=O) groups is 1. The van der Waals surface area contributed by atoms with Gasteiger partial charge < -0.3 is 18.9 Å². The van der Waals surface area contributed by atoms with E-state index >= 15 is 0 Å². The molecule has 2 aliphatic heterocycles. The number of fused-ring (bicyclic) bond motifs is 1. The maximum Gasteiger partial charge on any atom is 0.226 e. The van der Waals surface area contributed by atoms with Crippen molar-refractivity contribution in [1.82, 2.24) is 19.4 Å². The van der Waals surface area contributed by atoms with Gasteiger partial charge in [-0.2, -0.15) is 0 Å². The quantitative estimate of drug-likeness (QED) is 0.845. The fourth-order valence-electron chi connectivity index (χ4n) is 3.50. The molecule has 0 N–H and O–H groups in total. The molecule has 4 heterocycles. The molecule has 7 nitrogen and oxygen atoms in total. The Morgan fingerprint density at radius 1 is 1.32 bits per heavy atom. The van der Waals surface area contributed by atoms with E-state index < -0.39 is 0 Å². The highest BCUT2D eigenvalue weighted by Gasteiger charge is 2.32. The molecule has 2 aromatic heterocycles. The lowest BCUT2D eigenvalue weighted by molar-refractivity contribution is -0.140. The number of carbonyl (C=O) groups excluding carboxylic acids is 1. The molecule has 0 aliphatic carbocycles. The zero-order valence-electron chi connectivity index (χ0n) is 14.1. The van der Waals surface area contributed by atoms with Gasteiger partial charge in [0.25, 0.3) is 0 Å². The summed E-state index contributed by atoms with van der Waals surface area (Å²) in [6, 6.07) is 5.63. The Labute approximate surface area is 146 Å². The molecule has 4 rings (SSSR count). The average Bonchev–Trinajstić information content (AvgIpc) is 3.16. The van der Waals surface area contributed by atoms with E-state index in [2.05, 4.69) is 14.5 Å². The molecule has 1 fully saturated rings. The van der Waals surface area contributed by atoms with E-state index in [1.54, 1.807) is 6.20 Å². The average molecular weight is 342 g/mol. The molecular weight excluding hydrogens is 320 g/mol. The first-order valence-corrected chi connectivity index (χ1v) is 8.72. The molecule has 1 saturated heterocycles. The Bertz CT molecular complexity index is 712. The molecule has 0 saturated carbocycles. The Kier molecular flexibility index (Phi) is 4.65. The Morgan fingerprint density at radius 3 is 3.00 bits per heavy atom. The zero-order valence-corrected chi connectivity index (χ0v) is 14.1. The SMILES string of the molecule is O=C(C1CCOCC1)N1Cc2cncn2[C@H](COc2ccccn2)C1. The van der Waals surface area contributed by atoms with E-state index in [9.17, 15) is 4.79 Å². The number of nitrogens with zero attached hydrogens (tertiary/aromatic N) is 4. The highest BCUT2D eigenvalue weighted by molar-refractivity contribution is 5.79. The molecule has 132 valence electrons. The van der Waals surface area contributed by atoms with Crippen LogP contribution in [0.5, 0.6) is 5.88 Å². The molecule has 0 aromatic carbocycles. The Hall–Kier alpha value is -2.41. The van der Waals surface area contributed by atoms with Crippen LogP contribution >= 0.6 is 0 Å². The van der Waals surface area contributed by atoms with Crippen molar-refractivity contribution in [2.24, 2.45) is 5.92 Å². The van der Waals surface area contributed by atoms with Crippen molar-refractivity contribution in [1.29, 1.82) is 0 Å². The predicted molar refractivity (Wildman–Crippen MR) is 90.0 cm³/mol. The summed E-state index contributed by atoms with van der Waals surface area (Å²) in [5.74, 6) is 0.885. The second kappa shape index (κ2) is 7.23. The van der Waals surface area contributed by atoms with Crippen molar-refractivity contribution in [3.8, 4) is 5.88 Å². The van der Waals surface area contributed by atoms with Crippen LogP contribution < -0.4 is 4.74 Å². The van der Waals surface area contributed by atoms with Crippen LogP contribution in [0, 0.1) is 5.92 Å². The second-order valence-corrected chi connectivity index (χ2v) is 6.53. The molecule has 0 bridgehead atoms. The molecule has 2 aromatic rings. The maximum atomic E-state index is 12.9. The van der Waals surface area contributed by atoms with Gasteiger partial charge in [-0.15, -0.1) is 0 Å². The second-order valence-electron chi connectivity index (χ2n) is 6.53. The van der Waals surface area contributed by atoms with Crippen LogP contribution in [0.4, 0.5) is 0 Å². The molecule has 1 atom stereocenters. The van der Waals surface area contributed by atoms with Gasteiger partial charge in [-0.05, 0) is 18.9 Å². The molecule has 7 heteroatoms. The predicted octanol–water partition coefficient (Wildman–Crippen LogP) is 1.67. The number of ether oxygens (including phenoxy) is 2. The highest BCUT2D eigenvalue weighted by Crippen LogP contribution is 2.25. The van der Waals surface area contributed by atoms with Crippen LogP contribution in [0.3, 0.4) is 0 Å². The zero-order chi connectivity index (χ0) is 17.1. The van der Waals surface area contributed by atoms with Gasteiger partial charge in [-0.1, -0.05) is 6.07 Å². The summed E-state index contributed by atoms with van der Waals surface area (Å²) in [6.45, 7) is 3.05. The minimum atomic E-state index is 0.0389. The first-order valence-electron chi connectivity index (χ1n) is 8.72. The standard InChI is InChI=1S/C18H22N4O3/c23-18(14-4-7-24-8-5-14)21-10-15-9-19-13-22(15)16(11-21)12-25-17-3-1-2-6-20-17/h1-3,6,9,13-14,16H,4-5,7-8,10-12H2/t16-/m0/s1. The van der Waals surface area contributed by atoms with Crippen LogP contribution in [-0.4, -0.2) is 51.7 Å². The number of pyridine rings is 1. The van der Waals surface area contributed by atoms with Crippen LogP contribution in [0.1, 0.15) is 24.6 Å². The lowest BCUT2D eigenvalue weighted by Crippen LogP contribution is -2.45. The van der Waals surface area contributed by atoms with Crippen molar-refractivity contribution >= 4 is 5.91 Å². The molecule has 0 spiro atoms. The van der Waals surface area contributed by atoms with Crippen molar-refractivity contribution in [2.75, 3.05) is 26.4 Å². The van der Waals surface area contributed by atoms with E-state index in [4.69, 9.17) is 9.47 Å². The van der Waals surface area contributed by atoms with Crippen molar-refractivity contribution in [3.05, 3.63) is 42.6 Å². The lowest BCUT2D eigenvalue weighted by Gasteiger charge is -2.36. The van der Waals surface area contributed by atoms with Gasteiger partial charge in [0.2, 0.25) is 11.8 Å². The third kappa shape index (κ3) is 3.51. The van der Waals surface area contributed by atoms with Crippen molar-refractivity contribution < 1.29 is 14.3 Å². The number of imidazole rings is 1. The molecule has 1 amide bonds. The van der Waals surface area contributed by atoms with Crippen LogP contribution in [0.25, 0.3) is 0 Å². The monoisotopic (exact) mass is 342 g/mol. The minimum absolute atomic E-state index is 0.0389. The summed E-state index contributed by atoms with van der Waals surface area (Å²) < 4.78 is 13.3. The smallest absolute Gasteiger partial charge is 0.226 e. The summed E-state index contributed by atoms with van der Waals surface area (Å²) in [5, 5.41) is 0. The number of aromatic nitrogens is 3. The number of hydrogen-bond donors (Lipinski definition) is 0.